The number of methoxy groups -OCH3 is 1. The van der Waals surface area contributed by atoms with Crippen LogP contribution in [0.3, 0.4) is 0 Å². The zero-order chi connectivity index (χ0) is 19.3. The molecule has 0 radical (unpaired) electrons. The summed E-state index contributed by atoms with van der Waals surface area (Å²) in [6.45, 7) is 4.39. The molecule has 0 unspecified atom stereocenters. The molecule has 1 N–H and O–H groups in total. The van der Waals surface area contributed by atoms with Crippen molar-refractivity contribution in [2.24, 2.45) is 0 Å². The van der Waals surface area contributed by atoms with E-state index in [1.807, 2.05) is 0 Å². The molecule has 3 aromatic rings. The summed E-state index contributed by atoms with van der Waals surface area (Å²) in [6, 6.07) is 7.01. The second kappa shape index (κ2) is 6.24. The van der Waals surface area contributed by atoms with E-state index in [1.54, 1.807) is 56.0 Å². The van der Waals surface area contributed by atoms with Crippen LogP contribution < -0.4 is 4.74 Å². The number of hydrogen-bond acceptors (Lipinski definition) is 5. The van der Waals surface area contributed by atoms with Crippen LogP contribution >= 0.6 is 0 Å². The molecule has 142 valence electrons. The van der Waals surface area contributed by atoms with Crippen molar-refractivity contribution in [3.8, 4) is 11.6 Å². The fraction of sp³-hybridized carbons (Fsp3) is 0.316. The van der Waals surface area contributed by atoms with E-state index < -0.39 is 10.0 Å². The Labute approximate surface area is 157 Å². The minimum Gasteiger partial charge on any atom is -0.497 e. The maximum atomic E-state index is 13.4. The van der Waals surface area contributed by atoms with Crippen molar-refractivity contribution in [1.29, 1.82) is 0 Å². The fourth-order valence-electron chi connectivity index (χ4n) is 3.85. The van der Waals surface area contributed by atoms with Crippen molar-refractivity contribution < 1.29 is 18.3 Å². The zero-order valence-corrected chi connectivity index (χ0v) is 16.2. The molecule has 27 heavy (non-hydrogen) atoms. The predicted molar refractivity (Wildman–Crippen MR) is 101 cm³/mol. The molecule has 0 bridgehead atoms. The molecule has 7 nitrogen and oxygen atoms in total. The summed E-state index contributed by atoms with van der Waals surface area (Å²) in [7, 11) is -2.13. The second-order valence-electron chi connectivity index (χ2n) is 6.75. The number of ether oxygens (including phenoxy) is 1. The lowest BCUT2D eigenvalue weighted by molar-refractivity contribution is 0.317. The highest BCUT2D eigenvalue weighted by atomic mass is 32.2. The number of hydrogen-bond donors (Lipinski definition) is 1. The van der Waals surface area contributed by atoms with Crippen LogP contribution in [0.25, 0.3) is 10.9 Å². The minimum atomic E-state index is -3.70. The van der Waals surface area contributed by atoms with E-state index in [0.717, 1.165) is 0 Å². The lowest BCUT2D eigenvalue weighted by Crippen LogP contribution is -2.38. The van der Waals surface area contributed by atoms with Crippen LogP contribution in [0.2, 0.25) is 0 Å². The molecular weight excluding hydrogens is 366 g/mol. The fourth-order valence-corrected chi connectivity index (χ4v) is 5.65. The van der Waals surface area contributed by atoms with Gasteiger partial charge in [-0.3, -0.25) is 4.98 Å². The molecule has 4 rings (SSSR count). The molecule has 8 heteroatoms. The van der Waals surface area contributed by atoms with Gasteiger partial charge in [-0.25, -0.2) is 8.42 Å². The maximum absolute atomic E-state index is 13.4. The summed E-state index contributed by atoms with van der Waals surface area (Å²) < 4.78 is 35.2. The summed E-state index contributed by atoms with van der Waals surface area (Å²) >= 11 is 0. The molecule has 0 saturated carbocycles. The van der Waals surface area contributed by atoms with E-state index in [4.69, 9.17) is 4.74 Å². The molecule has 1 aromatic carbocycles. The average Bonchev–Trinajstić information content (AvgIpc) is 2.93. The maximum Gasteiger partial charge on any atom is 0.244 e. The highest BCUT2D eigenvalue weighted by Crippen LogP contribution is 2.35. The third-order valence-electron chi connectivity index (χ3n) is 5.07. The van der Waals surface area contributed by atoms with Crippen molar-refractivity contribution in [3.63, 3.8) is 0 Å². The summed E-state index contributed by atoms with van der Waals surface area (Å²) in [6.07, 6.45) is 1.65. The largest absolute Gasteiger partial charge is 0.497 e. The molecule has 1 aliphatic heterocycles. The molecule has 1 aliphatic rings. The quantitative estimate of drug-likeness (QED) is 0.747. The van der Waals surface area contributed by atoms with Gasteiger partial charge in [-0.15, -0.1) is 0 Å². The Kier molecular flexibility index (Phi) is 4.12. The number of nitrogens with zero attached hydrogens (tertiary/aromatic N) is 3. The van der Waals surface area contributed by atoms with Gasteiger partial charge in [0.25, 0.3) is 0 Å². The number of aromatic hydroxyl groups is 1. The highest BCUT2D eigenvalue weighted by Gasteiger charge is 2.33. The molecule has 0 amide bonds. The summed E-state index contributed by atoms with van der Waals surface area (Å²) in [5.74, 6) is 0.776. The Morgan fingerprint density at radius 3 is 2.56 bits per heavy atom. The van der Waals surface area contributed by atoms with E-state index in [9.17, 15) is 13.5 Å². The zero-order valence-electron chi connectivity index (χ0n) is 15.4. The van der Waals surface area contributed by atoms with Crippen molar-refractivity contribution in [1.82, 2.24) is 13.9 Å². The lowest BCUT2D eigenvalue weighted by atomic mass is 10.1. The van der Waals surface area contributed by atoms with Crippen LogP contribution in [-0.2, 0) is 23.1 Å². The van der Waals surface area contributed by atoms with Gasteiger partial charge in [0.2, 0.25) is 15.9 Å². The Bertz CT molecular complexity index is 1130. The van der Waals surface area contributed by atoms with E-state index >= 15 is 0 Å². The van der Waals surface area contributed by atoms with Gasteiger partial charge in [-0.2, -0.15) is 4.31 Å². The SMILES string of the molecule is COc1cc(C)c(S(=O)(=O)N2CCn3c(O)c4cccnc4c3C2)c(C)c1. The first kappa shape index (κ1) is 17.8. The molecule has 0 saturated heterocycles. The van der Waals surface area contributed by atoms with Gasteiger partial charge in [-0.05, 0) is 49.2 Å². The predicted octanol–water partition coefficient (Wildman–Crippen LogP) is 2.57. The lowest BCUT2D eigenvalue weighted by Gasteiger charge is -2.29. The van der Waals surface area contributed by atoms with E-state index in [-0.39, 0.29) is 19.0 Å². The van der Waals surface area contributed by atoms with E-state index in [0.29, 0.717) is 44.9 Å². The molecule has 0 spiro atoms. The number of benzene rings is 1. The number of aromatic nitrogens is 2. The smallest absolute Gasteiger partial charge is 0.244 e. The van der Waals surface area contributed by atoms with Gasteiger partial charge in [-0.1, -0.05) is 0 Å². The van der Waals surface area contributed by atoms with Gasteiger partial charge in [0.1, 0.15) is 5.75 Å². The topological polar surface area (TPSA) is 84.7 Å². The van der Waals surface area contributed by atoms with Gasteiger partial charge in [0.05, 0.1) is 35.1 Å². The molecular formula is C19H21N3O4S. The number of fused-ring (bicyclic) bond motifs is 3. The summed E-state index contributed by atoms with van der Waals surface area (Å²) in [5.41, 5.74) is 2.65. The van der Waals surface area contributed by atoms with Crippen molar-refractivity contribution >= 4 is 20.9 Å². The van der Waals surface area contributed by atoms with Crippen LogP contribution in [0.1, 0.15) is 16.8 Å². The van der Waals surface area contributed by atoms with Gasteiger partial charge < -0.3 is 14.4 Å². The first-order valence-corrected chi connectivity index (χ1v) is 10.1. The van der Waals surface area contributed by atoms with Crippen LogP contribution in [0.4, 0.5) is 0 Å². The second-order valence-corrected chi connectivity index (χ2v) is 8.63. The Hall–Kier alpha value is -2.58. The first-order chi connectivity index (χ1) is 12.8. The summed E-state index contributed by atoms with van der Waals surface area (Å²) in [5, 5.41) is 11.1. The van der Waals surface area contributed by atoms with Crippen molar-refractivity contribution in [2.45, 2.75) is 31.8 Å². The number of sulfonamides is 1. The molecule has 0 aliphatic carbocycles. The van der Waals surface area contributed by atoms with E-state index in [1.165, 1.54) is 4.31 Å². The number of pyridine rings is 1. The molecule has 2 aromatic heterocycles. The third kappa shape index (κ3) is 2.67. The average molecular weight is 387 g/mol. The van der Waals surface area contributed by atoms with Crippen molar-refractivity contribution in [2.75, 3.05) is 13.7 Å². The molecule has 0 atom stereocenters. The Morgan fingerprint density at radius 1 is 1.19 bits per heavy atom. The standard InChI is InChI=1S/C19H21N3O4S/c1-12-9-14(26-3)10-13(2)18(12)27(24,25)21-7-8-22-16(11-21)17-15(19(22)23)5-4-6-20-17/h4-6,9-10,23H,7-8,11H2,1-3H3. The van der Waals surface area contributed by atoms with E-state index in [2.05, 4.69) is 4.98 Å². The Morgan fingerprint density at radius 2 is 1.89 bits per heavy atom. The van der Waals surface area contributed by atoms with Gasteiger partial charge in [0, 0.05) is 19.3 Å². The third-order valence-corrected chi connectivity index (χ3v) is 7.22. The van der Waals surface area contributed by atoms with Crippen LogP contribution in [0.5, 0.6) is 11.6 Å². The van der Waals surface area contributed by atoms with Crippen LogP contribution in [-0.4, -0.2) is 41.0 Å². The number of aryl methyl sites for hydroxylation is 2. The first-order valence-electron chi connectivity index (χ1n) is 8.65. The normalized spacial score (nSPS) is 15.1. The molecule has 0 fully saturated rings. The highest BCUT2D eigenvalue weighted by molar-refractivity contribution is 7.89. The van der Waals surface area contributed by atoms with Gasteiger partial charge in [0.15, 0.2) is 0 Å². The summed E-state index contributed by atoms with van der Waals surface area (Å²) in [4.78, 5) is 4.65. The number of rotatable bonds is 3. The van der Waals surface area contributed by atoms with Crippen molar-refractivity contribution in [3.05, 3.63) is 47.3 Å². The molecule has 3 heterocycles. The Balaban J connectivity index is 1.79. The van der Waals surface area contributed by atoms with Crippen LogP contribution in [0.15, 0.2) is 35.4 Å². The van der Waals surface area contributed by atoms with Gasteiger partial charge >= 0.3 is 0 Å². The minimum absolute atomic E-state index is 0.141. The van der Waals surface area contributed by atoms with Crippen LogP contribution in [0, 0.1) is 13.8 Å². The monoisotopic (exact) mass is 387 g/mol.